The number of nitrogens with one attached hydrogen (secondary N) is 1. The number of amides is 1. The van der Waals surface area contributed by atoms with Crippen LogP contribution in [0.3, 0.4) is 0 Å². The van der Waals surface area contributed by atoms with E-state index in [0.717, 1.165) is 34.3 Å². The predicted octanol–water partition coefficient (Wildman–Crippen LogP) is 7.21. The highest BCUT2D eigenvalue weighted by Crippen LogP contribution is 2.29. The van der Waals surface area contributed by atoms with Crippen molar-refractivity contribution in [2.75, 3.05) is 5.32 Å². The molecule has 0 unspecified atom stereocenters. The molecule has 0 bridgehead atoms. The van der Waals surface area contributed by atoms with Crippen LogP contribution in [-0.2, 0) is 13.1 Å². The van der Waals surface area contributed by atoms with E-state index in [4.69, 9.17) is 11.6 Å². The minimum absolute atomic E-state index is 0.194. The van der Waals surface area contributed by atoms with E-state index in [0.29, 0.717) is 28.5 Å². The summed E-state index contributed by atoms with van der Waals surface area (Å²) in [5.41, 5.74) is 8.18. The molecule has 0 aliphatic carbocycles. The summed E-state index contributed by atoms with van der Waals surface area (Å²) in [6.45, 7) is 9.12. The lowest BCUT2D eigenvalue weighted by Crippen LogP contribution is -2.13. The molecule has 5 aromatic rings. The number of carbonyl (C=O) groups is 1. The van der Waals surface area contributed by atoms with Crippen LogP contribution in [0.4, 0.5) is 10.1 Å². The lowest BCUT2D eigenvalue weighted by molar-refractivity contribution is 0.102. The second-order valence-corrected chi connectivity index (χ2v) is 9.81. The van der Waals surface area contributed by atoms with Crippen LogP contribution in [0.25, 0.3) is 10.9 Å². The highest BCUT2D eigenvalue weighted by Gasteiger charge is 2.18. The molecule has 0 atom stereocenters. The summed E-state index contributed by atoms with van der Waals surface area (Å²) < 4.78 is 17.5. The van der Waals surface area contributed by atoms with Gasteiger partial charge < -0.3 is 9.88 Å². The minimum Gasteiger partial charge on any atom is -0.340 e. The first-order valence-corrected chi connectivity index (χ1v) is 12.5. The zero-order valence-corrected chi connectivity index (χ0v) is 22.0. The maximum absolute atomic E-state index is 13.4. The Morgan fingerprint density at radius 1 is 0.946 bits per heavy atom. The molecule has 2 heterocycles. The van der Waals surface area contributed by atoms with E-state index in [1.165, 1.54) is 23.4 Å². The van der Waals surface area contributed by atoms with Crippen molar-refractivity contribution in [2.45, 2.75) is 40.8 Å². The molecule has 1 N–H and O–H groups in total. The van der Waals surface area contributed by atoms with Crippen LogP contribution in [0.15, 0.2) is 66.7 Å². The van der Waals surface area contributed by atoms with Gasteiger partial charge in [-0.25, -0.2) is 4.39 Å². The molecule has 0 spiro atoms. The van der Waals surface area contributed by atoms with Gasteiger partial charge in [0.15, 0.2) is 0 Å². The van der Waals surface area contributed by atoms with Crippen molar-refractivity contribution in [3.63, 3.8) is 0 Å². The predicted molar refractivity (Wildman–Crippen MR) is 147 cm³/mol. The van der Waals surface area contributed by atoms with Crippen molar-refractivity contribution in [2.24, 2.45) is 0 Å². The normalized spacial score (nSPS) is 11.3. The van der Waals surface area contributed by atoms with E-state index < -0.39 is 0 Å². The van der Waals surface area contributed by atoms with E-state index in [-0.39, 0.29) is 11.7 Å². The molecule has 7 heteroatoms. The Morgan fingerprint density at radius 2 is 1.70 bits per heavy atom. The van der Waals surface area contributed by atoms with Crippen molar-refractivity contribution >= 4 is 34.1 Å². The van der Waals surface area contributed by atoms with Crippen LogP contribution in [0, 0.1) is 33.5 Å². The number of aromatic nitrogens is 3. The van der Waals surface area contributed by atoms with Crippen LogP contribution in [0.2, 0.25) is 5.02 Å². The quantitative estimate of drug-likeness (QED) is 0.260. The zero-order chi connectivity index (χ0) is 26.3. The highest BCUT2D eigenvalue weighted by atomic mass is 35.5. The molecule has 5 nitrogen and oxygen atoms in total. The summed E-state index contributed by atoms with van der Waals surface area (Å²) in [7, 11) is 0. The fourth-order valence-electron chi connectivity index (χ4n) is 4.79. The van der Waals surface area contributed by atoms with E-state index >= 15 is 0 Å². The number of nitrogens with zero attached hydrogens (tertiary/aromatic N) is 3. The van der Waals surface area contributed by atoms with Gasteiger partial charge in [0, 0.05) is 33.7 Å². The maximum atomic E-state index is 13.4. The van der Waals surface area contributed by atoms with Gasteiger partial charge in [-0.15, -0.1) is 0 Å². The Labute approximate surface area is 220 Å². The number of halogens is 2. The van der Waals surface area contributed by atoms with Crippen molar-refractivity contribution in [3.8, 4) is 0 Å². The van der Waals surface area contributed by atoms with Crippen LogP contribution < -0.4 is 5.32 Å². The van der Waals surface area contributed by atoms with Gasteiger partial charge in [-0.2, -0.15) is 5.10 Å². The maximum Gasteiger partial charge on any atom is 0.255 e. The van der Waals surface area contributed by atoms with Gasteiger partial charge >= 0.3 is 0 Å². The molecule has 0 aliphatic heterocycles. The van der Waals surface area contributed by atoms with Gasteiger partial charge in [0.05, 0.1) is 23.6 Å². The minimum atomic E-state index is -0.382. The molecule has 188 valence electrons. The average molecular weight is 515 g/mol. The number of fused-ring (bicyclic) bond motifs is 1. The molecule has 3 aromatic carbocycles. The average Bonchev–Trinajstić information content (AvgIpc) is 3.28. The topological polar surface area (TPSA) is 51.9 Å². The summed E-state index contributed by atoms with van der Waals surface area (Å²) in [5, 5.41) is 9.04. The van der Waals surface area contributed by atoms with Crippen LogP contribution in [0.1, 0.15) is 44.1 Å². The highest BCUT2D eigenvalue weighted by molar-refractivity contribution is 6.31. The Balaban J connectivity index is 1.41. The van der Waals surface area contributed by atoms with Gasteiger partial charge in [0.1, 0.15) is 5.82 Å². The number of carbonyl (C=O) groups excluding carboxylic acids is 1. The third kappa shape index (κ3) is 4.77. The molecule has 0 aliphatic rings. The lowest BCUT2D eigenvalue weighted by atomic mass is 10.1. The van der Waals surface area contributed by atoms with Crippen LogP contribution in [0.5, 0.6) is 0 Å². The Morgan fingerprint density at radius 3 is 2.43 bits per heavy atom. The largest absolute Gasteiger partial charge is 0.340 e. The second kappa shape index (κ2) is 9.87. The molecule has 0 fully saturated rings. The summed E-state index contributed by atoms with van der Waals surface area (Å²) in [4.78, 5) is 13.3. The number of hydrogen-bond donors (Lipinski definition) is 1. The molecular weight excluding hydrogens is 487 g/mol. The Bertz CT molecular complexity index is 1640. The number of benzene rings is 3. The first-order valence-electron chi connectivity index (χ1n) is 12.2. The number of rotatable bonds is 6. The Hall–Kier alpha value is -3.90. The van der Waals surface area contributed by atoms with E-state index in [9.17, 15) is 9.18 Å². The molecule has 2 aromatic heterocycles. The summed E-state index contributed by atoms with van der Waals surface area (Å²) in [6.07, 6.45) is 0. The number of hydrogen-bond acceptors (Lipinski definition) is 2. The SMILES string of the molecule is Cc1nn(Cc2ccc(F)cc2Cl)c(C)c1NC(=O)c1ccc2c(c1)c(C)c(C)n2Cc1ccccc1. The van der Waals surface area contributed by atoms with Crippen molar-refractivity contribution in [1.29, 1.82) is 0 Å². The van der Waals surface area contributed by atoms with E-state index in [1.54, 1.807) is 10.7 Å². The molecule has 5 rings (SSSR count). The second-order valence-electron chi connectivity index (χ2n) is 9.41. The van der Waals surface area contributed by atoms with Gasteiger partial charge in [-0.1, -0.05) is 48.0 Å². The van der Waals surface area contributed by atoms with Gasteiger partial charge in [0.2, 0.25) is 0 Å². The molecule has 0 saturated heterocycles. The molecular formula is C30H28ClFN4O. The molecule has 1 amide bonds. The van der Waals surface area contributed by atoms with Crippen LogP contribution in [-0.4, -0.2) is 20.3 Å². The van der Waals surface area contributed by atoms with Gasteiger partial charge in [-0.05, 0) is 74.7 Å². The lowest BCUT2D eigenvalue weighted by Gasteiger charge is -2.10. The monoisotopic (exact) mass is 514 g/mol. The molecule has 37 heavy (non-hydrogen) atoms. The van der Waals surface area contributed by atoms with E-state index in [2.05, 4.69) is 41.0 Å². The smallest absolute Gasteiger partial charge is 0.255 e. The fraction of sp³-hybridized carbons (Fsp3) is 0.200. The fourth-order valence-corrected chi connectivity index (χ4v) is 5.02. The van der Waals surface area contributed by atoms with Gasteiger partial charge in [-0.3, -0.25) is 9.48 Å². The number of aryl methyl sites for hydroxylation is 2. The first kappa shape index (κ1) is 24.8. The van der Waals surface area contributed by atoms with Crippen LogP contribution >= 0.6 is 11.6 Å². The molecule has 0 radical (unpaired) electrons. The summed E-state index contributed by atoms with van der Waals surface area (Å²) in [5.74, 6) is -0.576. The standard InChI is InChI=1S/C30H28ClFN4O/c1-18-20(3)35(16-22-8-6-5-7-9-22)28-13-11-23(14-26(18)28)30(37)33-29-19(2)34-36(21(29)4)17-24-10-12-25(32)15-27(24)31/h5-15H,16-17H2,1-4H3,(H,33,37). The zero-order valence-electron chi connectivity index (χ0n) is 21.3. The van der Waals surface area contributed by atoms with E-state index in [1.807, 2.05) is 50.2 Å². The third-order valence-corrected chi connectivity index (χ3v) is 7.39. The number of anilines is 1. The summed E-state index contributed by atoms with van der Waals surface area (Å²) >= 11 is 6.21. The third-order valence-electron chi connectivity index (χ3n) is 7.04. The van der Waals surface area contributed by atoms with Crippen molar-refractivity contribution in [1.82, 2.24) is 14.3 Å². The molecule has 0 saturated carbocycles. The summed E-state index contributed by atoms with van der Waals surface area (Å²) in [6, 6.07) is 20.5. The van der Waals surface area contributed by atoms with Crippen molar-refractivity contribution in [3.05, 3.63) is 117 Å². The Kier molecular flexibility index (Phi) is 6.61. The van der Waals surface area contributed by atoms with Gasteiger partial charge in [0.25, 0.3) is 5.91 Å². The van der Waals surface area contributed by atoms with Crippen molar-refractivity contribution < 1.29 is 9.18 Å². The first-order chi connectivity index (χ1) is 17.7.